The van der Waals surface area contributed by atoms with E-state index < -0.39 is 0 Å². The molecule has 1 atom stereocenters. The van der Waals surface area contributed by atoms with E-state index in [4.69, 9.17) is 12.3 Å². The van der Waals surface area contributed by atoms with Gasteiger partial charge in [-0.15, -0.1) is 6.42 Å². The molecule has 3 N–H and O–H groups in total. The predicted octanol–water partition coefficient (Wildman–Crippen LogP) is 2.28. The molecule has 2 rings (SSSR count). The van der Waals surface area contributed by atoms with Crippen molar-refractivity contribution in [2.45, 2.75) is 12.0 Å². The number of hydrogen-bond donors (Lipinski definition) is 2. The normalized spacial score (nSPS) is 12.1. The Morgan fingerprint density at radius 3 is 1.67 bits per heavy atom. The minimum absolute atomic E-state index is 0.0578. The van der Waals surface area contributed by atoms with Gasteiger partial charge in [0.25, 0.3) is 0 Å². The van der Waals surface area contributed by atoms with Gasteiger partial charge in [-0.1, -0.05) is 66.6 Å². The lowest BCUT2D eigenvalue weighted by Gasteiger charge is -2.23. The molecule has 2 nitrogen and oxygen atoms in total. The molecule has 0 aliphatic heterocycles. The number of rotatable bonds is 4. The molecule has 1 unspecified atom stereocenters. The van der Waals surface area contributed by atoms with Crippen molar-refractivity contribution in [1.82, 2.24) is 5.43 Å². The van der Waals surface area contributed by atoms with Gasteiger partial charge in [-0.2, -0.15) is 0 Å². The summed E-state index contributed by atoms with van der Waals surface area (Å²) in [6.07, 6.45) is 5.57. The van der Waals surface area contributed by atoms with E-state index in [1.165, 1.54) is 0 Å². The van der Waals surface area contributed by atoms with Crippen LogP contribution in [0, 0.1) is 12.3 Å². The van der Waals surface area contributed by atoms with Crippen molar-refractivity contribution in [3.63, 3.8) is 0 Å². The maximum Gasteiger partial charge on any atom is 0.0923 e. The molecule has 2 heteroatoms. The molecule has 0 bridgehead atoms. The quantitative estimate of drug-likeness (QED) is 0.485. The first kappa shape index (κ1) is 12.4. The van der Waals surface area contributed by atoms with Crippen LogP contribution in [0.25, 0.3) is 0 Å². The van der Waals surface area contributed by atoms with Gasteiger partial charge in [0.2, 0.25) is 0 Å². The summed E-state index contributed by atoms with van der Waals surface area (Å²) in [5, 5.41) is 0. The van der Waals surface area contributed by atoms with Gasteiger partial charge in [-0.3, -0.25) is 5.84 Å². The number of benzene rings is 2. The molecule has 0 saturated heterocycles. The van der Waals surface area contributed by atoms with Crippen LogP contribution in [0.4, 0.5) is 0 Å². The van der Waals surface area contributed by atoms with Crippen LogP contribution in [0.15, 0.2) is 60.7 Å². The largest absolute Gasteiger partial charge is 0.270 e. The van der Waals surface area contributed by atoms with Crippen LogP contribution in [-0.2, 0) is 0 Å². The Kier molecular flexibility index (Phi) is 4.14. The van der Waals surface area contributed by atoms with E-state index in [-0.39, 0.29) is 12.0 Å². The molecular formula is C16H16N2. The first-order chi connectivity index (χ1) is 8.86. The lowest BCUT2D eigenvalue weighted by atomic mass is 9.85. The maximum absolute atomic E-state index is 5.57. The van der Waals surface area contributed by atoms with Crippen molar-refractivity contribution in [2.24, 2.45) is 5.84 Å². The van der Waals surface area contributed by atoms with Gasteiger partial charge in [-0.05, 0) is 11.1 Å². The molecule has 2 aromatic rings. The molecule has 90 valence electrons. The average Bonchev–Trinajstić information content (AvgIpc) is 2.46. The zero-order valence-electron chi connectivity index (χ0n) is 10.1. The number of nitrogens with one attached hydrogen (secondary N) is 1. The molecule has 0 spiro atoms. The number of hydrazine groups is 1. The van der Waals surface area contributed by atoms with E-state index in [0.717, 1.165) is 11.1 Å². The van der Waals surface area contributed by atoms with E-state index in [2.05, 4.69) is 35.6 Å². The van der Waals surface area contributed by atoms with Crippen molar-refractivity contribution in [2.75, 3.05) is 0 Å². The molecule has 0 aliphatic carbocycles. The van der Waals surface area contributed by atoms with Gasteiger partial charge in [0.15, 0.2) is 0 Å². The SMILES string of the molecule is C#CC(NN)C(c1ccccc1)c1ccccc1. The van der Waals surface area contributed by atoms with Gasteiger partial charge in [-0.25, -0.2) is 5.43 Å². The molecule has 2 aromatic carbocycles. The van der Waals surface area contributed by atoms with Crippen LogP contribution in [0.1, 0.15) is 17.0 Å². The highest BCUT2D eigenvalue weighted by Gasteiger charge is 2.21. The molecule has 0 heterocycles. The Labute approximate surface area is 108 Å². The van der Waals surface area contributed by atoms with Crippen molar-refractivity contribution >= 4 is 0 Å². The first-order valence-electron chi connectivity index (χ1n) is 5.89. The van der Waals surface area contributed by atoms with Gasteiger partial charge in [0.05, 0.1) is 6.04 Å². The van der Waals surface area contributed by atoms with E-state index in [0.29, 0.717) is 0 Å². The predicted molar refractivity (Wildman–Crippen MR) is 74.7 cm³/mol. The van der Waals surface area contributed by atoms with E-state index in [9.17, 15) is 0 Å². The van der Waals surface area contributed by atoms with Crippen LogP contribution in [0.2, 0.25) is 0 Å². The Bertz CT molecular complexity index is 474. The highest BCUT2D eigenvalue weighted by Crippen LogP contribution is 2.27. The number of hydrogen-bond acceptors (Lipinski definition) is 2. The monoisotopic (exact) mass is 236 g/mol. The van der Waals surface area contributed by atoms with Crippen LogP contribution in [0.3, 0.4) is 0 Å². The molecular weight excluding hydrogens is 220 g/mol. The Morgan fingerprint density at radius 2 is 1.33 bits per heavy atom. The summed E-state index contributed by atoms with van der Waals surface area (Å²) >= 11 is 0. The fraction of sp³-hybridized carbons (Fsp3) is 0.125. The topological polar surface area (TPSA) is 38.0 Å². The summed E-state index contributed by atoms with van der Waals surface area (Å²) in [6.45, 7) is 0. The summed E-state index contributed by atoms with van der Waals surface area (Å²) in [7, 11) is 0. The second-order valence-electron chi connectivity index (χ2n) is 4.11. The smallest absolute Gasteiger partial charge is 0.0923 e. The lowest BCUT2D eigenvalue weighted by molar-refractivity contribution is 0.575. The molecule has 0 fully saturated rings. The van der Waals surface area contributed by atoms with Gasteiger partial charge >= 0.3 is 0 Å². The van der Waals surface area contributed by atoms with Crippen LogP contribution >= 0.6 is 0 Å². The fourth-order valence-corrected chi connectivity index (χ4v) is 2.14. The Morgan fingerprint density at radius 1 is 0.889 bits per heavy atom. The van der Waals surface area contributed by atoms with Gasteiger partial charge in [0.1, 0.15) is 0 Å². The minimum Gasteiger partial charge on any atom is -0.270 e. The molecule has 18 heavy (non-hydrogen) atoms. The summed E-state index contributed by atoms with van der Waals surface area (Å²) in [4.78, 5) is 0. The van der Waals surface area contributed by atoms with Crippen molar-refractivity contribution in [1.29, 1.82) is 0 Å². The van der Waals surface area contributed by atoms with Crippen molar-refractivity contribution < 1.29 is 0 Å². The standard InChI is InChI=1S/C16H16N2/c1-2-15(18-17)16(13-9-5-3-6-10-13)14-11-7-4-8-12-14/h1,3-12,15-16,18H,17H2. The summed E-state index contributed by atoms with van der Waals surface area (Å²) < 4.78 is 0. The highest BCUT2D eigenvalue weighted by molar-refractivity contribution is 5.36. The van der Waals surface area contributed by atoms with Crippen molar-refractivity contribution in [3.8, 4) is 12.3 Å². The highest BCUT2D eigenvalue weighted by atomic mass is 15.2. The molecule has 0 aromatic heterocycles. The number of nitrogens with two attached hydrogens (primary N) is 1. The summed E-state index contributed by atoms with van der Waals surface area (Å²) in [5.41, 5.74) is 5.03. The summed E-state index contributed by atoms with van der Waals surface area (Å²) in [5.74, 6) is 8.34. The summed E-state index contributed by atoms with van der Waals surface area (Å²) in [6, 6.07) is 20.1. The fourth-order valence-electron chi connectivity index (χ4n) is 2.14. The first-order valence-corrected chi connectivity index (χ1v) is 5.89. The molecule has 0 saturated carbocycles. The average molecular weight is 236 g/mol. The lowest BCUT2D eigenvalue weighted by Crippen LogP contribution is -2.39. The Balaban J connectivity index is 2.45. The maximum atomic E-state index is 5.57. The Hall–Kier alpha value is -2.08. The minimum atomic E-state index is -0.227. The second-order valence-corrected chi connectivity index (χ2v) is 4.11. The third-order valence-corrected chi connectivity index (χ3v) is 3.01. The van der Waals surface area contributed by atoms with Gasteiger partial charge in [0, 0.05) is 5.92 Å². The van der Waals surface area contributed by atoms with Crippen LogP contribution in [0.5, 0.6) is 0 Å². The zero-order chi connectivity index (χ0) is 12.8. The van der Waals surface area contributed by atoms with E-state index in [1.807, 2.05) is 36.4 Å². The van der Waals surface area contributed by atoms with Crippen LogP contribution in [-0.4, -0.2) is 6.04 Å². The molecule has 0 amide bonds. The zero-order valence-corrected chi connectivity index (χ0v) is 10.1. The van der Waals surface area contributed by atoms with Gasteiger partial charge < -0.3 is 0 Å². The number of terminal acetylenes is 1. The van der Waals surface area contributed by atoms with Crippen molar-refractivity contribution in [3.05, 3.63) is 71.8 Å². The molecule has 0 radical (unpaired) electrons. The second kappa shape index (κ2) is 6.02. The third-order valence-electron chi connectivity index (χ3n) is 3.01. The van der Waals surface area contributed by atoms with Crippen LogP contribution < -0.4 is 11.3 Å². The third kappa shape index (κ3) is 2.60. The molecule has 0 aliphatic rings. The van der Waals surface area contributed by atoms with E-state index >= 15 is 0 Å². The van der Waals surface area contributed by atoms with E-state index in [1.54, 1.807) is 0 Å².